The Kier molecular flexibility index (Phi) is 5.11. The predicted molar refractivity (Wildman–Crippen MR) is 105 cm³/mol. The number of hydrogen-bond acceptors (Lipinski definition) is 4. The molecule has 3 aromatic rings. The van der Waals surface area contributed by atoms with Gasteiger partial charge in [0.2, 0.25) is 0 Å². The van der Waals surface area contributed by atoms with Crippen molar-refractivity contribution < 1.29 is 27.8 Å². The van der Waals surface area contributed by atoms with E-state index in [1.807, 2.05) is 0 Å². The molecule has 1 unspecified atom stereocenters. The Bertz CT molecular complexity index is 1100. The van der Waals surface area contributed by atoms with Crippen LogP contribution in [0, 0.1) is 0 Å². The summed E-state index contributed by atoms with van der Waals surface area (Å²) < 4.78 is 43.9. The van der Waals surface area contributed by atoms with Gasteiger partial charge in [-0.1, -0.05) is 12.1 Å². The zero-order chi connectivity index (χ0) is 21.5. The van der Waals surface area contributed by atoms with Gasteiger partial charge in [0.05, 0.1) is 36.5 Å². The van der Waals surface area contributed by atoms with Crippen LogP contribution in [0.15, 0.2) is 48.5 Å². The van der Waals surface area contributed by atoms with Gasteiger partial charge < -0.3 is 14.7 Å². The average Bonchev–Trinajstić information content (AvgIpc) is 2.71. The molecule has 4 rings (SSSR count). The number of methoxy groups -OCH3 is 1. The monoisotopic (exact) mass is 416 g/mol. The number of halogens is 3. The van der Waals surface area contributed by atoms with Gasteiger partial charge in [-0.05, 0) is 36.8 Å². The van der Waals surface area contributed by atoms with E-state index in [0.29, 0.717) is 40.0 Å². The summed E-state index contributed by atoms with van der Waals surface area (Å²) in [6, 6.07) is 11.3. The molecule has 0 aliphatic carbocycles. The van der Waals surface area contributed by atoms with Crippen LogP contribution in [0.5, 0.6) is 5.75 Å². The van der Waals surface area contributed by atoms with Crippen molar-refractivity contribution in [3.8, 4) is 17.0 Å². The normalized spacial score (nSPS) is 16.4. The number of pyridine rings is 1. The van der Waals surface area contributed by atoms with Crippen molar-refractivity contribution in [1.82, 2.24) is 9.88 Å². The smallest absolute Gasteiger partial charge is 0.416 e. The maximum absolute atomic E-state index is 12.8. The zero-order valence-electron chi connectivity index (χ0n) is 16.1. The first-order valence-electron chi connectivity index (χ1n) is 9.40. The van der Waals surface area contributed by atoms with Gasteiger partial charge in [-0.25, -0.2) is 4.98 Å². The quantitative estimate of drug-likeness (QED) is 0.695. The molecule has 8 heteroatoms. The first-order valence-corrected chi connectivity index (χ1v) is 9.40. The van der Waals surface area contributed by atoms with Crippen LogP contribution in [0.2, 0.25) is 0 Å². The van der Waals surface area contributed by atoms with Crippen LogP contribution in [0.3, 0.4) is 0 Å². The topological polar surface area (TPSA) is 62.7 Å². The van der Waals surface area contributed by atoms with E-state index >= 15 is 0 Å². The third-order valence-electron chi connectivity index (χ3n) is 5.36. The van der Waals surface area contributed by atoms with Crippen LogP contribution in [-0.2, 0) is 6.18 Å². The largest absolute Gasteiger partial charge is 0.496 e. The number of fused-ring (bicyclic) bond motifs is 1. The van der Waals surface area contributed by atoms with E-state index in [0.717, 1.165) is 18.6 Å². The average molecular weight is 416 g/mol. The fraction of sp³-hybridized carbons (Fsp3) is 0.273. The van der Waals surface area contributed by atoms with Crippen molar-refractivity contribution in [1.29, 1.82) is 0 Å². The number of ether oxygens (including phenoxy) is 1. The van der Waals surface area contributed by atoms with E-state index in [2.05, 4.69) is 4.98 Å². The number of carbonyl (C=O) groups is 1. The maximum Gasteiger partial charge on any atom is 0.416 e. The van der Waals surface area contributed by atoms with E-state index in [-0.39, 0.29) is 18.6 Å². The van der Waals surface area contributed by atoms with Crippen molar-refractivity contribution in [2.24, 2.45) is 0 Å². The van der Waals surface area contributed by atoms with Crippen molar-refractivity contribution >= 4 is 16.8 Å². The van der Waals surface area contributed by atoms with Gasteiger partial charge in [-0.2, -0.15) is 13.2 Å². The molecule has 1 N–H and O–H groups in total. The molecular formula is C22H19F3N2O3. The molecule has 1 atom stereocenters. The summed E-state index contributed by atoms with van der Waals surface area (Å²) in [6.07, 6.45) is -3.65. The van der Waals surface area contributed by atoms with Gasteiger partial charge in [0.25, 0.3) is 5.91 Å². The highest BCUT2D eigenvalue weighted by Gasteiger charge is 2.32. The van der Waals surface area contributed by atoms with Crippen LogP contribution >= 0.6 is 0 Å². The number of aliphatic hydroxyl groups is 1. The Balaban J connectivity index is 1.74. The highest BCUT2D eigenvalue weighted by Crippen LogP contribution is 2.34. The minimum absolute atomic E-state index is 0.0799. The van der Waals surface area contributed by atoms with Crippen LogP contribution in [-0.4, -0.2) is 47.2 Å². The molecule has 1 fully saturated rings. The number of aliphatic hydroxyl groups excluding tert-OH is 1. The summed E-state index contributed by atoms with van der Waals surface area (Å²) in [7, 11) is 1.50. The lowest BCUT2D eigenvalue weighted by atomic mass is 10.0. The highest BCUT2D eigenvalue weighted by molar-refractivity contribution is 5.99. The molecule has 1 aliphatic heterocycles. The number of amides is 1. The molecule has 0 spiro atoms. The lowest BCUT2D eigenvalue weighted by Gasteiger charge is -2.39. The second-order valence-electron chi connectivity index (χ2n) is 7.14. The molecule has 0 bridgehead atoms. The second-order valence-corrected chi connectivity index (χ2v) is 7.14. The lowest BCUT2D eigenvalue weighted by molar-refractivity contribution is -0.137. The summed E-state index contributed by atoms with van der Waals surface area (Å²) in [4.78, 5) is 18.9. The summed E-state index contributed by atoms with van der Waals surface area (Å²) in [6.45, 7) is 0.508. The molecule has 1 aliphatic rings. The fourth-order valence-electron chi connectivity index (χ4n) is 3.54. The Morgan fingerprint density at radius 3 is 2.50 bits per heavy atom. The number of alkyl halides is 3. The number of aromatic nitrogens is 1. The number of rotatable bonds is 4. The van der Waals surface area contributed by atoms with E-state index in [4.69, 9.17) is 4.74 Å². The molecule has 0 saturated carbocycles. The van der Waals surface area contributed by atoms with E-state index in [9.17, 15) is 23.1 Å². The Hall–Kier alpha value is -3.13. The van der Waals surface area contributed by atoms with Gasteiger partial charge in [-0.3, -0.25) is 4.79 Å². The third-order valence-corrected chi connectivity index (χ3v) is 5.36. The van der Waals surface area contributed by atoms with Crippen LogP contribution in [0.4, 0.5) is 13.2 Å². The second kappa shape index (κ2) is 7.60. The number of nitrogens with zero attached hydrogens (tertiary/aromatic N) is 2. The first-order chi connectivity index (χ1) is 14.3. The Morgan fingerprint density at radius 1 is 1.20 bits per heavy atom. The number of likely N-dealkylation sites (tertiary alicyclic amines) is 1. The first kappa shape index (κ1) is 20.2. The molecule has 2 aromatic carbocycles. The predicted octanol–water partition coefficient (Wildman–Crippen LogP) is 4.14. The van der Waals surface area contributed by atoms with Gasteiger partial charge in [0.15, 0.2) is 0 Å². The lowest BCUT2D eigenvalue weighted by Crippen LogP contribution is -2.52. The van der Waals surface area contributed by atoms with Gasteiger partial charge in [-0.15, -0.1) is 0 Å². The standard InChI is InChI=1S/C22H19F3N2O3/c1-30-20-11-18(13-2-5-15(6-3-13)22(23,24)25)26-19-10-14(4-7-17(19)20)21(29)27-9-8-16(27)12-28/h2-7,10-11,16,28H,8-9,12H2,1H3. The Morgan fingerprint density at radius 2 is 1.93 bits per heavy atom. The van der Waals surface area contributed by atoms with Crippen molar-refractivity contribution in [3.63, 3.8) is 0 Å². The highest BCUT2D eigenvalue weighted by atomic mass is 19.4. The molecular weight excluding hydrogens is 397 g/mol. The molecule has 5 nitrogen and oxygen atoms in total. The maximum atomic E-state index is 12.8. The minimum Gasteiger partial charge on any atom is -0.496 e. The number of hydrogen-bond donors (Lipinski definition) is 1. The molecule has 30 heavy (non-hydrogen) atoms. The molecule has 0 radical (unpaired) electrons. The summed E-state index contributed by atoms with van der Waals surface area (Å²) in [5, 5.41) is 10.0. The molecule has 1 aromatic heterocycles. The van der Waals surface area contributed by atoms with Crippen LogP contribution in [0.25, 0.3) is 22.2 Å². The van der Waals surface area contributed by atoms with Crippen molar-refractivity contribution in [2.45, 2.75) is 18.6 Å². The van der Waals surface area contributed by atoms with Gasteiger partial charge >= 0.3 is 6.18 Å². The van der Waals surface area contributed by atoms with E-state index in [1.54, 1.807) is 29.2 Å². The van der Waals surface area contributed by atoms with Gasteiger partial charge in [0.1, 0.15) is 5.75 Å². The molecule has 2 heterocycles. The SMILES string of the molecule is COc1cc(-c2ccc(C(F)(F)F)cc2)nc2cc(C(=O)N3CCC3CO)ccc12. The summed E-state index contributed by atoms with van der Waals surface area (Å²) in [5.74, 6) is 0.314. The fourth-order valence-corrected chi connectivity index (χ4v) is 3.54. The Labute approximate surface area is 170 Å². The minimum atomic E-state index is -4.41. The molecule has 156 valence electrons. The van der Waals surface area contributed by atoms with Crippen molar-refractivity contribution in [2.75, 3.05) is 20.3 Å². The molecule has 1 saturated heterocycles. The number of benzene rings is 2. The molecule has 1 amide bonds. The zero-order valence-corrected chi connectivity index (χ0v) is 16.1. The van der Waals surface area contributed by atoms with Crippen molar-refractivity contribution in [3.05, 3.63) is 59.7 Å². The van der Waals surface area contributed by atoms with E-state index < -0.39 is 11.7 Å². The number of carbonyl (C=O) groups excluding carboxylic acids is 1. The van der Waals surface area contributed by atoms with E-state index in [1.165, 1.54) is 19.2 Å². The van der Waals surface area contributed by atoms with Crippen LogP contribution in [0.1, 0.15) is 22.3 Å². The van der Waals surface area contributed by atoms with Gasteiger partial charge in [0, 0.05) is 29.1 Å². The van der Waals surface area contributed by atoms with Crippen LogP contribution < -0.4 is 4.74 Å². The summed E-state index contributed by atoms with van der Waals surface area (Å²) >= 11 is 0. The summed E-state index contributed by atoms with van der Waals surface area (Å²) in [5.41, 5.74) is 1.13. The third kappa shape index (κ3) is 3.59.